The van der Waals surface area contributed by atoms with Crippen molar-refractivity contribution in [1.29, 1.82) is 0 Å². The molecule has 1 aromatic heterocycles. The van der Waals surface area contributed by atoms with Crippen molar-refractivity contribution in [3.8, 4) is 0 Å². The van der Waals surface area contributed by atoms with Crippen molar-refractivity contribution >= 4 is 11.5 Å². The van der Waals surface area contributed by atoms with Crippen molar-refractivity contribution in [3.63, 3.8) is 0 Å². The zero-order valence-electron chi connectivity index (χ0n) is 10.7. The molecule has 1 saturated heterocycles. The normalized spacial score (nSPS) is 19.8. The summed E-state index contributed by atoms with van der Waals surface area (Å²) in [6.45, 7) is 3.87. The lowest BCUT2D eigenvalue weighted by Crippen LogP contribution is -2.14. The first-order valence-corrected chi connectivity index (χ1v) is 6.39. The Balaban J connectivity index is 1.87. The number of aromatic nitrogens is 2. The fraction of sp³-hybridized carbons (Fsp3) is 0.750. The van der Waals surface area contributed by atoms with Crippen LogP contribution in [0.2, 0.25) is 0 Å². The minimum atomic E-state index is 0.419. The van der Waals surface area contributed by atoms with Crippen LogP contribution in [0.4, 0.5) is 11.5 Å². The molecule has 0 spiro atoms. The third kappa shape index (κ3) is 2.72. The Kier molecular flexibility index (Phi) is 3.89. The third-order valence-corrected chi connectivity index (χ3v) is 3.28. The summed E-state index contributed by atoms with van der Waals surface area (Å²) in [5.41, 5.74) is 7.78. The molecule has 2 rings (SSSR count). The van der Waals surface area contributed by atoms with Crippen molar-refractivity contribution in [3.05, 3.63) is 5.69 Å². The summed E-state index contributed by atoms with van der Waals surface area (Å²) in [6, 6.07) is 0. The maximum atomic E-state index is 6.03. The molecule has 1 aliphatic heterocycles. The van der Waals surface area contributed by atoms with Crippen molar-refractivity contribution in [1.82, 2.24) is 9.78 Å². The number of rotatable bonds is 5. The van der Waals surface area contributed by atoms with Gasteiger partial charge < -0.3 is 15.8 Å². The number of hydrogen-bond acceptors (Lipinski definition) is 4. The lowest BCUT2D eigenvalue weighted by atomic mass is 10.2. The van der Waals surface area contributed by atoms with E-state index >= 15 is 0 Å². The second-order valence-corrected chi connectivity index (χ2v) is 4.54. The van der Waals surface area contributed by atoms with E-state index in [0.29, 0.717) is 6.10 Å². The first-order valence-electron chi connectivity index (χ1n) is 6.39. The van der Waals surface area contributed by atoms with E-state index in [9.17, 15) is 0 Å². The van der Waals surface area contributed by atoms with Crippen LogP contribution in [0.3, 0.4) is 0 Å². The third-order valence-electron chi connectivity index (χ3n) is 3.28. The molecule has 0 aliphatic carbocycles. The Labute approximate surface area is 102 Å². The lowest BCUT2D eigenvalue weighted by Gasteiger charge is -2.11. The van der Waals surface area contributed by atoms with Gasteiger partial charge in [0.25, 0.3) is 0 Å². The van der Waals surface area contributed by atoms with E-state index in [-0.39, 0.29) is 0 Å². The van der Waals surface area contributed by atoms with Gasteiger partial charge in [-0.05, 0) is 25.7 Å². The van der Waals surface area contributed by atoms with E-state index in [2.05, 4.69) is 17.3 Å². The van der Waals surface area contributed by atoms with Gasteiger partial charge in [0, 0.05) is 20.2 Å². The standard InChI is InChI=1S/C12H22N4O/c1-3-10-11(13)12(16(2)15-10)14-7-6-9-5-4-8-17-9/h9,14H,3-8,13H2,1-2H3. The van der Waals surface area contributed by atoms with Crippen molar-refractivity contribution in [2.24, 2.45) is 7.05 Å². The van der Waals surface area contributed by atoms with Gasteiger partial charge in [-0.1, -0.05) is 6.92 Å². The van der Waals surface area contributed by atoms with Gasteiger partial charge in [0.1, 0.15) is 5.82 Å². The Morgan fingerprint density at radius 3 is 3.00 bits per heavy atom. The second kappa shape index (κ2) is 5.40. The van der Waals surface area contributed by atoms with Gasteiger partial charge in [-0.2, -0.15) is 5.10 Å². The minimum absolute atomic E-state index is 0.419. The second-order valence-electron chi connectivity index (χ2n) is 4.54. The van der Waals surface area contributed by atoms with E-state index in [1.165, 1.54) is 12.8 Å². The highest BCUT2D eigenvalue weighted by Gasteiger charge is 2.16. The van der Waals surface area contributed by atoms with Crippen molar-refractivity contribution in [2.45, 2.75) is 38.7 Å². The van der Waals surface area contributed by atoms with E-state index in [0.717, 1.165) is 43.2 Å². The number of nitrogens with one attached hydrogen (secondary N) is 1. The highest BCUT2D eigenvalue weighted by molar-refractivity contribution is 5.64. The highest BCUT2D eigenvalue weighted by Crippen LogP contribution is 2.22. The number of nitrogens with two attached hydrogens (primary N) is 1. The summed E-state index contributed by atoms with van der Waals surface area (Å²) in [4.78, 5) is 0. The summed E-state index contributed by atoms with van der Waals surface area (Å²) >= 11 is 0. The molecule has 1 aromatic rings. The van der Waals surface area contributed by atoms with E-state index in [1.807, 2.05) is 11.7 Å². The maximum absolute atomic E-state index is 6.03. The lowest BCUT2D eigenvalue weighted by molar-refractivity contribution is 0.107. The fourth-order valence-electron chi connectivity index (χ4n) is 2.29. The average molecular weight is 238 g/mol. The molecule has 96 valence electrons. The largest absolute Gasteiger partial charge is 0.394 e. The molecule has 5 heteroatoms. The Hall–Kier alpha value is -1.23. The Bertz CT molecular complexity index is 369. The smallest absolute Gasteiger partial charge is 0.147 e. The number of hydrogen-bond donors (Lipinski definition) is 2. The van der Waals surface area contributed by atoms with Gasteiger partial charge in [-0.15, -0.1) is 0 Å². The average Bonchev–Trinajstić information content (AvgIpc) is 2.91. The molecule has 0 aromatic carbocycles. The van der Waals surface area contributed by atoms with Crippen LogP contribution in [0.25, 0.3) is 0 Å². The van der Waals surface area contributed by atoms with Crippen LogP contribution >= 0.6 is 0 Å². The molecule has 1 aliphatic rings. The molecule has 0 bridgehead atoms. The predicted molar refractivity (Wildman–Crippen MR) is 69.1 cm³/mol. The molecule has 1 fully saturated rings. The first kappa shape index (κ1) is 12.2. The van der Waals surface area contributed by atoms with E-state index in [1.54, 1.807) is 0 Å². The monoisotopic (exact) mass is 238 g/mol. The molecule has 1 atom stereocenters. The van der Waals surface area contributed by atoms with Crippen molar-refractivity contribution < 1.29 is 4.74 Å². The quantitative estimate of drug-likeness (QED) is 0.816. The van der Waals surface area contributed by atoms with Crippen LogP contribution < -0.4 is 11.1 Å². The van der Waals surface area contributed by atoms with Crippen molar-refractivity contribution in [2.75, 3.05) is 24.2 Å². The molecule has 0 radical (unpaired) electrons. The van der Waals surface area contributed by atoms with Crippen LogP contribution in [0, 0.1) is 0 Å². The predicted octanol–water partition coefficient (Wildman–Crippen LogP) is 1.55. The summed E-state index contributed by atoms with van der Waals surface area (Å²) in [7, 11) is 1.92. The summed E-state index contributed by atoms with van der Waals surface area (Å²) < 4.78 is 7.41. The van der Waals surface area contributed by atoms with E-state index < -0.39 is 0 Å². The fourth-order valence-corrected chi connectivity index (χ4v) is 2.29. The molecule has 2 heterocycles. The highest BCUT2D eigenvalue weighted by atomic mass is 16.5. The summed E-state index contributed by atoms with van der Waals surface area (Å²) in [5, 5.41) is 7.74. The molecular weight excluding hydrogens is 216 g/mol. The Morgan fingerprint density at radius 1 is 1.59 bits per heavy atom. The van der Waals surface area contributed by atoms with Gasteiger partial charge in [0.2, 0.25) is 0 Å². The summed E-state index contributed by atoms with van der Waals surface area (Å²) in [5.74, 6) is 0.930. The van der Waals surface area contributed by atoms with Gasteiger partial charge >= 0.3 is 0 Å². The number of nitrogens with zero attached hydrogens (tertiary/aromatic N) is 2. The van der Waals surface area contributed by atoms with Crippen LogP contribution in [-0.4, -0.2) is 29.0 Å². The zero-order valence-corrected chi connectivity index (χ0v) is 10.7. The van der Waals surface area contributed by atoms with Gasteiger partial charge in [0.15, 0.2) is 0 Å². The molecule has 0 saturated carbocycles. The number of anilines is 2. The maximum Gasteiger partial charge on any atom is 0.147 e. The molecule has 3 N–H and O–H groups in total. The topological polar surface area (TPSA) is 65.1 Å². The Morgan fingerprint density at radius 2 is 2.41 bits per heavy atom. The SMILES string of the molecule is CCc1nn(C)c(NCCC2CCCO2)c1N. The molecule has 17 heavy (non-hydrogen) atoms. The van der Waals surface area contributed by atoms with Crippen LogP contribution in [0.15, 0.2) is 0 Å². The van der Waals surface area contributed by atoms with Crippen LogP contribution in [-0.2, 0) is 18.2 Å². The first-order chi connectivity index (χ1) is 8.22. The summed E-state index contributed by atoms with van der Waals surface area (Å²) in [6.07, 6.45) is 4.70. The molecule has 0 amide bonds. The van der Waals surface area contributed by atoms with E-state index in [4.69, 9.17) is 10.5 Å². The number of ether oxygens (including phenoxy) is 1. The zero-order chi connectivity index (χ0) is 12.3. The molecule has 5 nitrogen and oxygen atoms in total. The van der Waals surface area contributed by atoms with Crippen LogP contribution in [0.5, 0.6) is 0 Å². The number of nitrogen functional groups attached to an aromatic ring is 1. The van der Waals surface area contributed by atoms with Gasteiger partial charge in [0.05, 0.1) is 17.5 Å². The number of aryl methyl sites for hydroxylation is 2. The molecular formula is C12H22N4O. The van der Waals surface area contributed by atoms with Gasteiger partial charge in [-0.25, -0.2) is 0 Å². The van der Waals surface area contributed by atoms with Crippen LogP contribution in [0.1, 0.15) is 31.9 Å². The van der Waals surface area contributed by atoms with Gasteiger partial charge in [-0.3, -0.25) is 4.68 Å². The molecule has 1 unspecified atom stereocenters. The minimum Gasteiger partial charge on any atom is -0.394 e.